The summed E-state index contributed by atoms with van der Waals surface area (Å²) >= 11 is 0. The Bertz CT molecular complexity index is 370. The summed E-state index contributed by atoms with van der Waals surface area (Å²) in [7, 11) is 0. The number of benzene rings is 1. The van der Waals surface area contributed by atoms with Crippen molar-refractivity contribution in [3.05, 3.63) is 47.8 Å². The summed E-state index contributed by atoms with van der Waals surface area (Å²) in [5, 5.41) is 0. The average molecular weight is 219 g/mol. The molecule has 1 rings (SSSR count). The molecule has 0 heterocycles. The van der Waals surface area contributed by atoms with Gasteiger partial charge in [-0.1, -0.05) is 6.08 Å². The molecular weight excluding hydrogens is 210 g/mol. The van der Waals surface area contributed by atoms with Crippen LogP contribution in [0.2, 0.25) is 0 Å². The quantitative estimate of drug-likeness (QED) is 0.600. The first-order chi connectivity index (χ1) is 6.84. The number of hydrogen-bond donors (Lipinski definition) is 1. The monoisotopic (exact) mass is 219 g/mol. The molecule has 0 radical (unpaired) electrons. The minimum absolute atomic E-state index is 0.0531. The third kappa shape index (κ3) is 2.79. The molecule has 0 fully saturated rings. The zero-order valence-electron chi connectivity index (χ0n) is 7.68. The highest BCUT2D eigenvalue weighted by Crippen LogP contribution is 2.31. The van der Waals surface area contributed by atoms with Crippen molar-refractivity contribution in [3.63, 3.8) is 0 Å². The molecule has 0 aliphatic carbocycles. The standard InChI is InChI=1S/C10H9F4N/c1-2-9(15)6-3-7(10(12,13)14)5-8(11)4-6/h2-5,9H,1,15H2/t9-/m0/s1. The molecular formula is C10H9F4N. The van der Waals surface area contributed by atoms with Gasteiger partial charge in [0.15, 0.2) is 0 Å². The lowest BCUT2D eigenvalue weighted by Crippen LogP contribution is -2.11. The molecule has 2 N–H and O–H groups in total. The second kappa shape index (κ2) is 4.02. The van der Waals surface area contributed by atoms with Crippen LogP contribution in [-0.4, -0.2) is 0 Å². The maximum absolute atomic E-state index is 12.9. The summed E-state index contributed by atoms with van der Waals surface area (Å²) in [5.74, 6) is -0.961. The number of rotatable bonds is 2. The highest BCUT2D eigenvalue weighted by atomic mass is 19.4. The van der Waals surface area contributed by atoms with Gasteiger partial charge < -0.3 is 5.73 Å². The van der Waals surface area contributed by atoms with Crippen molar-refractivity contribution >= 4 is 0 Å². The second-order valence-corrected chi connectivity index (χ2v) is 3.03. The molecule has 1 nitrogen and oxygen atoms in total. The molecule has 0 amide bonds. The van der Waals surface area contributed by atoms with E-state index in [1.165, 1.54) is 6.08 Å². The summed E-state index contributed by atoms with van der Waals surface area (Å²) < 4.78 is 49.7. The lowest BCUT2D eigenvalue weighted by Gasteiger charge is -2.11. The fraction of sp³-hybridized carbons (Fsp3) is 0.200. The molecule has 0 unspecified atom stereocenters. The molecule has 0 aliphatic heterocycles. The van der Waals surface area contributed by atoms with E-state index in [4.69, 9.17) is 5.73 Å². The first-order valence-electron chi connectivity index (χ1n) is 4.10. The summed E-state index contributed by atoms with van der Waals surface area (Å²) in [6, 6.07) is 1.40. The van der Waals surface area contributed by atoms with Crippen molar-refractivity contribution in [3.8, 4) is 0 Å². The summed E-state index contributed by atoms with van der Waals surface area (Å²) in [6.07, 6.45) is -3.33. The van der Waals surface area contributed by atoms with Crippen molar-refractivity contribution in [1.29, 1.82) is 0 Å². The van der Waals surface area contributed by atoms with E-state index < -0.39 is 23.6 Å². The Labute approximate surface area is 84.2 Å². The fourth-order valence-corrected chi connectivity index (χ4v) is 1.10. The minimum atomic E-state index is -4.57. The van der Waals surface area contributed by atoms with E-state index in [9.17, 15) is 17.6 Å². The van der Waals surface area contributed by atoms with E-state index in [1.807, 2.05) is 0 Å². The van der Waals surface area contributed by atoms with E-state index in [-0.39, 0.29) is 5.56 Å². The zero-order chi connectivity index (χ0) is 11.6. The van der Waals surface area contributed by atoms with Gasteiger partial charge in [0.2, 0.25) is 0 Å². The van der Waals surface area contributed by atoms with Crippen LogP contribution in [0.25, 0.3) is 0 Å². The van der Waals surface area contributed by atoms with Crippen molar-refractivity contribution in [2.45, 2.75) is 12.2 Å². The predicted molar refractivity (Wildman–Crippen MR) is 48.5 cm³/mol. The molecule has 0 aromatic heterocycles. The topological polar surface area (TPSA) is 26.0 Å². The van der Waals surface area contributed by atoms with E-state index in [0.29, 0.717) is 6.07 Å². The van der Waals surface area contributed by atoms with Crippen molar-refractivity contribution in [2.24, 2.45) is 5.73 Å². The van der Waals surface area contributed by atoms with Gasteiger partial charge in [-0.15, -0.1) is 6.58 Å². The normalized spacial score (nSPS) is 13.7. The van der Waals surface area contributed by atoms with Crippen LogP contribution in [0.1, 0.15) is 17.2 Å². The third-order valence-corrected chi connectivity index (χ3v) is 1.89. The molecule has 1 atom stereocenters. The van der Waals surface area contributed by atoms with Gasteiger partial charge in [-0.25, -0.2) is 4.39 Å². The number of halogens is 4. The van der Waals surface area contributed by atoms with E-state index in [0.717, 1.165) is 12.1 Å². The largest absolute Gasteiger partial charge is 0.416 e. The van der Waals surface area contributed by atoms with Gasteiger partial charge in [0.05, 0.1) is 5.56 Å². The van der Waals surface area contributed by atoms with Gasteiger partial charge >= 0.3 is 6.18 Å². The Morgan fingerprint density at radius 1 is 1.27 bits per heavy atom. The molecule has 0 saturated carbocycles. The lowest BCUT2D eigenvalue weighted by atomic mass is 10.0. The SMILES string of the molecule is C=C[C@H](N)c1cc(F)cc(C(F)(F)F)c1. The summed E-state index contributed by atoms with van der Waals surface area (Å²) in [4.78, 5) is 0. The van der Waals surface area contributed by atoms with Crippen molar-refractivity contribution in [2.75, 3.05) is 0 Å². The fourth-order valence-electron chi connectivity index (χ4n) is 1.10. The Hall–Kier alpha value is -1.36. The maximum atomic E-state index is 12.9. The second-order valence-electron chi connectivity index (χ2n) is 3.03. The summed E-state index contributed by atoms with van der Waals surface area (Å²) in [5.41, 5.74) is 4.43. The van der Waals surface area contributed by atoms with Gasteiger partial charge in [-0.3, -0.25) is 0 Å². The predicted octanol–water partition coefficient (Wildman–Crippen LogP) is 3.03. The van der Waals surface area contributed by atoms with Crippen LogP contribution >= 0.6 is 0 Å². The van der Waals surface area contributed by atoms with Gasteiger partial charge in [-0.2, -0.15) is 13.2 Å². The highest BCUT2D eigenvalue weighted by molar-refractivity contribution is 5.30. The molecule has 0 saturated heterocycles. The molecule has 82 valence electrons. The van der Waals surface area contributed by atoms with Crippen LogP contribution in [0.4, 0.5) is 17.6 Å². The minimum Gasteiger partial charge on any atom is -0.321 e. The van der Waals surface area contributed by atoms with Gasteiger partial charge in [-0.05, 0) is 23.8 Å². The van der Waals surface area contributed by atoms with Gasteiger partial charge in [0.25, 0.3) is 0 Å². The molecule has 0 bridgehead atoms. The molecule has 15 heavy (non-hydrogen) atoms. The Morgan fingerprint density at radius 3 is 2.33 bits per heavy atom. The van der Waals surface area contributed by atoms with Crippen molar-refractivity contribution < 1.29 is 17.6 Å². The third-order valence-electron chi connectivity index (χ3n) is 1.89. The van der Waals surface area contributed by atoms with E-state index >= 15 is 0 Å². The van der Waals surface area contributed by atoms with Crippen LogP contribution < -0.4 is 5.73 Å². The van der Waals surface area contributed by atoms with Crippen molar-refractivity contribution in [1.82, 2.24) is 0 Å². The first-order valence-corrected chi connectivity index (χ1v) is 4.10. The van der Waals surface area contributed by atoms with E-state index in [2.05, 4.69) is 6.58 Å². The maximum Gasteiger partial charge on any atom is 0.416 e. The smallest absolute Gasteiger partial charge is 0.321 e. The number of hydrogen-bond acceptors (Lipinski definition) is 1. The zero-order valence-corrected chi connectivity index (χ0v) is 7.68. The lowest BCUT2D eigenvalue weighted by molar-refractivity contribution is -0.137. The Balaban J connectivity index is 3.22. The van der Waals surface area contributed by atoms with Crippen LogP contribution in [0.15, 0.2) is 30.9 Å². The number of nitrogens with two attached hydrogens (primary N) is 1. The van der Waals surface area contributed by atoms with Gasteiger partial charge in [0.1, 0.15) is 5.82 Å². The summed E-state index contributed by atoms with van der Waals surface area (Å²) in [6.45, 7) is 3.33. The van der Waals surface area contributed by atoms with Crippen LogP contribution in [0.5, 0.6) is 0 Å². The van der Waals surface area contributed by atoms with Crippen LogP contribution in [0.3, 0.4) is 0 Å². The average Bonchev–Trinajstić information content (AvgIpc) is 2.14. The molecule has 0 aliphatic rings. The highest BCUT2D eigenvalue weighted by Gasteiger charge is 2.31. The molecule has 0 spiro atoms. The Morgan fingerprint density at radius 2 is 1.87 bits per heavy atom. The Kier molecular flexibility index (Phi) is 3.14. The van der Waals surface area contributed by atoms with Crippen LogP contribution in [-0.2, 0) is 6.18 Å². The van der Waals surface area contributed by atoms with E-state index in [1.54, 1.807) is 0 Å². The number of alkyl halides is 3. The van der Waals surface area contributed by atoms with Crippen LogP contribution in [0, 0.1) is 5.82 Å². The molecule has 1 aromatic rings. The molecule has 5 heteroatoms. The molecule has 1 aromatic carbocycles. The first kappa shape index (κ1) is 11.7. The van der Waals surface area contributed by atoms with Gasteiger partial charge in [0, 0.05) is 6.04 Å².